The van der Waals surface area contributed by atoms with Crippen LogP contribution >= 0.6 is 0 Å². The van der Waals surface area contributed by atoms with Gasteiger partial charge in [-0.25, -0.2) is 0 Å². The molecule has 0 N–H and O–H groups in total. The number of benzene rings is 12. The molecule has 0 aliphatic rings. The van der Waals surface area contributed by atoms with E-state index in [1.165, 1.54) is 122 Å². The fraction of sp³-hybridized carbons (Fsp3) is 0. The van der Waals surface area contributed by atoms with E-state index >= 15 is 0 Å². The van der Waals surface area contributed by atoms with Gasteiger partial charge in [0.05, 0.1) is 22.1 Å². The highest BCUT2D eigenvalue weighted by molar-refractivity contribution is 6.12. The highest BCUT2D eigenvalue weighted by atomic mass is 15.0. The van der Waals surface area contributed by atoms with Gasteiger partial charge in [0, 0.05) is 32.9 Å². The minimum Gasteiger partial charge on any atom is -0.309 e. The van der Waals surface area contributed by atoms with Crippen LogP contribution in [-0.2, 0) is 0 Å². The van der Waals surface area contributed by atoms with Crippen molar-refractivity contribution in [1.29, 1.82) is 0 Å². The molecule has 0 amide bonds. The zero-order valence-corrected chi connectivity index (χ0v) is 40.6. The van der Waals surface area contributed by atoms with Gasteiger partial charge in [0.25, 0.3) is 0 Å². The molecular weight excluding hydrogens is 893 g/mol. The Bertz CT molecular complexity index is 4370. The third-order valence-corrected chi connectivity index (χ3v) is 14.9. The fourth-order valence-electron chi connectivity index (χ4n) is 11.2. The van der Waals surface area contributed by atoms with E-state index in [2.05, 4.69) is 300 Å². The van der Waals surface area contributed by atoms with E-state index in [-0.39, 0.29) is 0 Å². The van der Waals surface area contributed by atoms with Crippen LogP contribution in [0.4, 0.5) is 0 Å². The lowest BCUT2D eigenvalue weighted by molar-refractivity contribution is 1.18. The van der Waals surface area contributed by atoms with Crippen LogP contribution in [0.1, 0.15) is 0 Å². The molecule has 0 atom stereocenters. The summed E-state index contributed by atoms with van der Waals surface area (Å²) < 4.78 is 4.81. The Labute approximate surface area is 431 Å². The summed E-state index contributed by atoms with van der Waals surface area (Å²) >= 11 is 0. The zero-order valence-electron chi connectivity index (χ0n) is 40.6. The molecular formula is C72H48N2. The van der Waals surface area contributed by atoms with Crippen molar-refractivity contribution in [1.82, 2.24) is 9.13 Å². The van der Waals surface area contributed by atoms with Crippen LogP contribution in [0.3, 0.4) is 0 Å². The average molecular weight is 941 g/mol. The second-order valence-electron chi connectivity index (χ2n) is 19.3. The molecule has 0 spiro atoms. The van der Waals surface area contributed by atoms with Crippen molar-refractivity contribution in [2.75, 3.05) is 0 Å². The maximum atomic E-state index is 2.41. The maximum absolute atomic E-state index is 2.41. The van der Waals surface area contributed by atoms with Gasteiger partial charge in [-0.2, -0.15) is 0 Å². The van der Waals surface area contributed by atoms with Gasteiger partial charge in [-0.15, -0.1) is 0 Å². The number of aromatic nitrogens is 2. The standard InChI is InChI=1S/C72H48N2/c1-3-14-49(15-4-1)51-32-38-63(39-33-51)73-69-26-9-7-24-65(69)67-47-61(36-42-71(67)73)62-37-43-72-68(48-62)66-25-8-10-27-70(66)74(72)64-40-34-54(35-41-64)57-20-11-19-56(44-57)52-28-30-53(31-29-52)58-21-13-23-60(46-58)59-22-12-18-55(45-59)50-16-5-2-6-17-50/h1-48H. The molecule has 0 aliphatic heterocycles. The lowest BCUT2D eigenvalue weighted by Crippen LogP contribution is -1.94. The van der Waals surface area contributed by atoms with E-state index < -0.39 is 0 Å². The number of hydrogen-bond donors (Lipinski definition) is 0. The molecule has 0 saturated carbocycles. The van der Waals surface area contributed by atoms with Gasteiger partial charge in [0.2, 0.25) is 0 Å². The molecule has 0 radical (unpaired) electrons. The SMILES string of the molecule is c1ccc(-c2ccc(-n3c4ccccc4c4cc(-c5ccc6c(c5)c5ccccc5n6-c5ccc(-c6cccc(-c7ccc(-c8cccc(-c9cccc(-c%10ccccc%10)c9)c8)cc7)c6)cc5)ccc43)cc2)cc1. The number of para-hydroxylation sites is 2. The van der Waals surface area contributed by atoms with Crippen LogP contribution in [-0.4, -0.2) is 9.13 Å². The third kappa shape index (κ3) is 7.69. The normalized spacial score (nSPS) is 11.5. The molecule has 2 aromatic heterocycles. The molecule has 14 rings (SSSR count). The first kappa shape index (κ1) is 43.1. The highest BCUT2D eigenvalue weighted by Gasteiger charge is 2.17. The minimum absolute atomic E-state index is 1.14. The molecule has 2 nitrogen and oxygen atoms in total. The smallest absolute Gasteiger partial charge is 0.0541 e. The van der Waals surface area contributed by atoms with E-state index in [0.717, 1.165) is 11.4 Å². The van der Waals surface area contributed by atoms with Crippen molar-refractivity contribution in [3.05, 3.63) is 291 Å². The summed E-state index contributed by atoms with van der Waals surface area (Å²) in [6.45, 7) is 0. The van der Waals surface area contributed by atoms with Crippen LogP contribution in [0.25, 0.3) is 133 Å². The Balaban J connectivity index is 0.741. The maximum Gasteiger partial charge on any atom is 0.0541 e. The summed E-state index contributed by atoms with van der Waals surface area (Å²) in [5.41, 5.74) is 24.0. The van der Waals surface area contributed by atoms with Gasteiger partial charge in [0.1, 0.15) is 0 Å². The largest absolute Gasteiger partial charge is 0.309 e. The predicted octanol–water partition coefficient (Wildman–Crippen LogP) is 19.5. The Kier molecular flexibility index (Phi) is 10.6. The molecule has 0 saturated heterocycles. The minimum atomic E-state index is 1.14. The number of nitrogens with zero attached hydrogens (tertiary/aromatic N) is 2. The van der Waals surface area contributed by atoms with E-state index in [1.54, 1.807) is 0 Å². The average Bonchev–Trinajstić information content (AvgIpc) is 4.00. The molecule has 0 fully saturated rings. The lowest BCUT2D eigenvalue weighted by atomic mass is 9.95. The van der Waals surface area contributed by atoms with Crippen molar-refractivity contribution >= 4 is 43.6 Å². The van der Waals surface area contributed by atoms with Crippen molar-refractivity contribution in [3.8, 4) is 89.3 Å². The van der Waals surface area contributed by atoms with Crippen LogP contribution in [0.2, 0.25) is 0 Å². The van der Waals surface area contributed by atoms with Crippen LogP contribution in [0.5, 0.6) is 0 Å². The zero-order chi connectivity index (χ0) is 49.0. The first-order valence-corrected chi connectivity index (χ1v) is 25.5. The van der Waals surface area contributed by atoms with Crippen LogP contribution in [0.15, 0.2) is 291 Å². The van der Waals surface area contributed by atoms with Gasteiger partial charge in [-0.05, 0) is 157 Å². The Morgan fingerprint density at radius 1 is 0.149 bits per heavy atom. The summed E-state index contributed by atoms with van der Waals surface area (Å²) in [6, 6.07) is 106. The molecule has 12 aromatic carbocycles. The monoisotopic (exact) mass is 940 g/mol. The van der Waals surface area contributed by atoms with Gasteiger partial charge in [0.15, 0.2) is 0 Å². The quantitative estimate of drug-likeness (QED) is 0.136. The van der Waals surface area contributed by atoms with E-state index in [9.17, 15) is 0 Å². The number of fused-ring (bicyclic) bond motifs is 6. The lowest BCUT2D eigenvalue weighted by Gasteiger charge is -2.11. The van der Waals surface area contributed by atoms with E-state index in [1.807, 2.05) is 0 Å². The molecule has 0 aliphatic carbocycles. The molecule has 74 heavy (non-hydrogen) atoms. The number of hydrogen-bond acceptors (Lipinski definition) is 0. The summed E-state index contributed by atoms with van der Waals surface area (Å²) in [6.07, 6.45) is 0. The Morgan fingerprint density at radius 2 is 0.392 bits per heavy atom. The molecule has 0 bridgehead atoms. The topological polar surface area (TPSA) is 9.86 Å². The predicted molar refractivity (Wildman–Crippen MR) is 313 cm³/mol. The van der Waals surface area contributed by atoms with Crippen LogP contribution in [0, 0.1) is 0 Å². The van der Waals surface area contributed by atoms with Crippen molar-refractivity contribution in [2.24, 2.45) is 0 Å². The van der Waals surface area contributed by atoms with E-state index in [4.69, 9.17) is 0 Å². The fourth-order valence-corrected chi connectivity index (χ4v) is 11.2. The molecule has 0 unspecified atom stereocenters. The molecule has 2 heteroatoms. The van der Waals surface area contributed by atoms with Gasteiger partial charge in [-0.1, -0.05) is 212 Å². The second kappa shape index (κ2) is 18.1. The first-order valence-electron chi connectivity index (χ1n) is 25.5. The van der Waals surface area contributed by atoms with E-state index in [0.29, 0.717) is 0 Å². The highest BCUT2D eigenvalue weighted by Crippen LogP contribution is 2.40. The molecule has 346 valence electrons. The molecule has 2 heterocycles. The van der Waals surface area contributed by atoms with Crippen LogP contribution < -0.4 is 0 Å². The Morgan fingerprint density at radius 3 is 0.784 bits per heavy atom. The molecule has 14 aromatic rings. The first-order chi connectivity index (χ1) is 36.7. The summed E-state index contributed by atoms with van der Waals surface area (Å²) in [5.74, 6) is 0. The number of rotatable bonds is 9. The Hall–Kier alpha value is -9.76. The van der Waals surface area contributed by atoms with Gasteiger partial charge < -0.3 is 9.13 Å². The van der Waals surface area contributed by atoms with Crippen molar-refractivity contribution < 1.29 is 0 Å². The summed E-state index contributed by atoms with van der Waals surface area (Å²) in [5, 5.41) is 4.97. The van der Waals surface area contributed by atoms with Gasteiger partial charge >= 0.3 is 0 Å². The third-order valence-electron chi connectivity index (χ3n) is 14.9. The second-order valence-corrected chi connectivity index (χ2v) is 19.3. The van der Waals surface area contributed by atoms with Gasteiger partial charge in [-0.3, -0.25) is 0 Å². The van der Waals surface area contributed by atoms with Crippen molar-refractivity contribution in [2.45, 2.75) is 0 Å². The summed E-state index contributed by atoms with van der Waals surface area (Å²) in [4.78, 5) is 0. The van der Waals surface area contributed by atoms with Crippen molar-refractivity contribution in [3.63, 3.8) is 0 Å². The summed E-state index contributed by atoms with van der Waals surface area (Å²) in [7, 11) is 0.